The number of hydrogen-bond acceptors (Lipinski definition) is 3. The van der Waals surface area contributed by atoms with Crippen LogP contribution in [0.25, 0.3) is 0 Å². The standard InChI is InChI=1S/C17H17FN2O2/c1-19-13-2-4-14(5-3-13)20-11-12-10-15(22-9-8-18)6-7-16(12)17(20)21/h2-7,10,19H,8-9,11H2,1H3/i18-1. The molecular weight excluding hydrogens is 282 g/mol. The Labute approximate surface area is 128 Å². The smallest absolute Gasteiger partial charge is 0.258 e. The highest BCUT2D eigenvalue weighted by atomic mass is 18.2. The molecule has 0 radical (unpaired) electrons. The number of fused-ring (bicyclic) bond motifs is 1. The number of carbonyl (C=O) groups excluding carboxylic acids is 1. The highest BCUT2D eigenvalue weighted by molar-refractivity contribution is 6.10. The zero-order valence-electron chi connectivity index (χ0n) is 12.3. The van der Waals surface area contributed by atoms with E-state index in [1.54, 1.807) is 17.0 Å². The molecule has 0 bridgehead atoms. The summed E-state index contributed by atoms with van der Waals surface area (Å²) in [4.78, 5) is 14.2. The summed E-state index contributed by atoms with van der Waals surface area (Å²) < 4.78 is 17.4. The topological polar surface area (TPSA) is 41.6 Å². The first-order valence-corrected chi connectivity index (χ1v) is 7.14. The van der Waals surface area contributed by atoms with E-state index in [-0.39, 0.29) is 12.5 Å². The van der Waals surface area contributed by atoms with Gasteiger partial charge in [0.25, 0.3) is 5.91 Å². The van der Waals surface area contributed by atoms with E-state index < -0.39 is 6.67 Å². The summed E-state index contributed by atoms with van der Waals surface area (Å²) in [6, 6.07) is 13.0. The normalized spacial score (nSPS) is 13.2. The van der Waals surface area contributed by atoms with E-state index in [0.717, 1.165) is 16.9 Å². The quantitative estimate of drug-likeness (QED) is 0.921. The highest BCUT2D eigenvalue weighted by Crippen LogP contribution is 2.31. The Morgan fingerprint density at radius 1 is 1.23 bits per heavy atom. The molecule has 1 aliphatic rings. The molecule has 0 unspecified atom stereocenters. The van der Waals surface area contributed by atoms with Crippen molar-refractivity contribution in [3.63, 3.8) is 0 Å². The predicted octanol–water partition coefficient (Wildman–Crippen LogP) is 3.24. The molecule has 0 saturated heterocycles. The molecule has 1 N–H and O–H groups in total. The van der Waals surface area contributed by atoms with Crippen LogP contribution < -0.4 is 15.0 Å². The van der Waals surface area contributed by atoms with Crippen molar-refractivity contribution in [1.82, 2.24) is 0 Å². The number of nitrogens with one attached hydrogen (secondary N) is 1. The molecule has 1 heterocycles. The summed E-state index contributed by atoms with van der Waals surface area (Å²) >= 11 is 0. The van der Waals surface area contributed by atoms with Crippen LogP contribution in [-0.4, -0.2) is 26.2 Å². The third-order valence-corrected chi connectivity index (χ3v) is 3.69. The van der Waals surface area contributed by atoms with Gasteiger partial charge in [-0.15, -0.1) is 0 Å². The lowest BCUT2D eigenvalue weighted by Gasteiger charge is -2.16. The molecule has 3 rings (SSSR count). The molecule has 0 aromatic heterocycles. The van der Waals surface area contributed by atoms with Crippen molar-refractivity contribution in [3.05, 3.63) is 53.6 Å². The Morgan fingerprint density at radius 2 is 2.00 bits per heavy atom. The van der Waals surface area contributed by atoms with Crippen LogP contribution in [0.15, 0.2) is 42.5 Å². The average Bonchev–Trinajstić information content (AvgIpc) is 2.89. The molecule has 114 valence electrons. The molecule has 0 atom stereocenters. The molecule has 0 fully saturated rings. The van der Waals surface area contributed by atoms with Crippen LogP contribution in [0.5, 0.6) is 5.75 Å². The summed E-state index contributed by atoms with van der Waals surface area (Å²) in [5.41, 5.74) is 3.42. The fourth-order valence-electron chi connectivity index (χ4n) is 2.56. The third kappa shape index (κ3) is 2.62. The first-order valence-electron chi connectivity index (χ1n) is 7.14. The Bertz CT molecular complexity index is 686. The van der Waals surface area contributed by atoms with Crippen molar-refractivity contribution in [2.45, 2.75) is 6.54 Å². The van der Waals surface area contributed by atoms with Gasteiger partial charge in [-0.2, -0.15) is 0 Å². The number of benzene rings is 2. The largest absolute Gasteiger partial charge is 0.491 e. The monoisotopic (exact) mass is 299 g/mol. The van der Waals surface area contributed by atoms with Gasteiger partial charge in [0.15, 0.2) is 0 Å². The lowest BCUT2D eigenvalue weighted by molar-refractivity contribution is 0.0996. The van der Waals surface area contributed by atoms with E-state index in [1.807, 2.05) is 37.4 Å². The molecular formula is C17H17FN2O2. The van der Waals surface area contributed by atoms with E-state index in [9.17, 15) is 9.18 Å². The summed E-state index contributed by atoms with van der Waals surface area (Å²) in [5, 5.41) is 3.05. The molecule has 2 aromatic rings. The van der Waals surface area contributed by atoms with Crippen molar-refractivity contribution in [2.24, 2.45) is 0 Å². The van der Waals surface area contributed by atoms with Crippen molar-refractivity contribution >= 4 is 17.3 Å². The lowest BCUT2D eigenvalue weighted by Crippen LogP contribution is -2.22. The first-order chi connectivity index (χ1) is 10.7. The molecule has 0 saturated carbocycles. The maximum Gasteiger partial charge on any atom is 0.258 e. The molecule has 2 aromatic carbocycles. The number of alkyl halides is 1. The minimum Gasteiger partial charge on any atom is -0.491 e. The van der Waals surface area contributed by atoms with Crippen LogP contribution >= 0.6 is 0 Å². The molecule has 0 spiro atoms. The highest BCUT2D eigenvalue weighted by Gasteiger charge is 2.28. The fraction of sp³-hybridized carbons (Fsp3) is 0.235. The van der Waals surface area contributed by atoms with E-state index in [4.69, 9.17) is 4.74 Å². The van der Waals surface area contributed by atoms with Crippen LogP contribution in [-0.2, 0) is 6.54 Å². The minimum atomic E-state index is -0.528. The zero-order valence-corrected chi connectivity index (χ0v) is 12.3. The molecule has 4 nitrogen and oxygen atoms in total. The molecule has 22 heavy (non-hydrogen) atoms. The Balaban J connectivity index is 1.83. The van der Waals surface area contributed by atoms with Gasteiger partial charge in [-0.1, -0.05) is 0 Å². The van der Waals surface area contributed by atoms with Gasteiger partial charge in [0, 0.05) is 24.0 Å². The number of carbonyl (C=O) groups is 1. The Kier molecular flexibility index (Phi) is 3.96. The van der Waals surface area contributed by atoms with E-state index in [1.165, 1.54) is 0 Å². The fourth-order valence-corrected chi connectivity index (χ4v) is 2.56. The number of nitrogens with zero attached hydrogens (tertiary/aromatic N) is 1. The summed E-state index contributed by atoms with van der Waals surface area (Å²) in [6.07, 6.45) is 0. The number of ether oxygens (including phenoxy) is 1. The van der Waals surface area contributed by atoms with Gasteiger partial charge in [-0.25, -0.2) is 4.39 Å². The Morgan fingerprint density at radius 3 is 2.68 bits per heavy atom. The van der Waals surface area contributed by atoms with E-state index in [2.05, 4.69) is 5.32 Å². The summed E-state index contributed by atoms with van der Waals surface area (Å²) in [7, 11) is 1.85. The minimum absolute atomic E-state index is 0.0238. The first kappa shape index (κ1) is 14.4. The molecule has 5 heteroatoms. The maximum absolute atomic E-state index is 12.5. The van der Waals surface area contributed by atoms with Crippen LogP contribution in [0.1, 0.15) is 15.9 Å². The number of amides is 1. The Hall–Kier alpha value is -2.56. The molecule has 1 amide bonds. The SMILES string of the molecule is CNc1ccc(N2Cc3cc(OCC[18F])ccc3C2=O)cc1. The second-order valence-electron chi connectivity index (χ2n) is 5.04. The van der Waals surface area contributed by atoms with Crippen molar-refractivity contribution in [1.29, 1.82) is 0 Å². The van der Waals surface area contributed by atoms with Crippen molar-refractivity contribution < 1.29 is 13.9 Å². The van der Waals surface area contributed by atoms with Crippen LogP contribution in [0.4, 0.5) is 15.8 Å². The maximum atomic E-state index is 12.5. The van der Waals surface area contributed by atoms with Gasteiger partial charge in [0.05, 0.1) is 6.54 Å². The predicted molar refractivity (Wildman–Crippen MR) is 84.4 cm³/mol. The number of hydrogen-bond donors (Lipinski definition) is 1. The van der Waals surface area contributed by atoms with Gasteiger partial charge in [-0.3, -0.25) is 4.79 Å². The van der Waals surface area contributed by atoms with Gasteiger partial charge in [-0.05, 0) is 48.0 Å². The number of halogens is 1. The van der Waals surface area contributed by atoms with E-state index in [0.29, 0.717) is 17.9 Å². The van der Waals surface area contributed by atoms with Crippen LogP contribution in [0.3, 0.4) is 0 Å². The van der Waals surface area contributed by atoms with Crippen LogP contribution in [0.2, 0.25) is 0 Å². The van der Waals surface area contributed by atoms with Gasteiger partial charge >= 0.3 is 0 Å². The lowest BCUT2D eigenvalue weighted by atomic mass is 10.1. The number of anilines is 2. The van der Waals surface area contributed by atoms with Crippen molar-refractivity contribution in [2.75, 3.05) is 30.5 Å². The van der Waals surface area contributed by atoms with E-state index >= 15 is 0 Å². The zero-order chi connectivity index (χ0) is 15.5. The second-order valence-corrected chi connectivity index (χ2v) is 5.04. The van der Waals surface area contributed by atoms with Gasteiger partial charge < -0.3 is 15.0 Å². The van der Waals surface area contributed by atoms with Crippen molar-refractivity contribution in [3.8, 4) is 5.75 Å². The summed E-state index contributed by atoms with van der Waals surface area (Å²) in [6.45, 7) is 0.00176. The molecule has 1 aliphatic heterocycles. The van der Waals surface area contributed by atoms with Crippen LogP contribution in [0, 0.1) is 0 Å². The van der Waals surface area contributed by atoms with Gasteiger partial charge in [0.1, 0.15) is 19.0 Å². The average molecular weight is 299 g/mol. The number of rotatable bonds is 5. The van der Waals surface area contributed by atoms with Gasteiger partial charge in [0.2, 0.25) is 0 Å². The third-order valence-electron chi connectivity index (χ3n) is 3.69. The molecule has 0 aliphatic carbocycles. The summed E-state index contributed by atoms with van der Waals surface area (Å²) in [5.74, 6) is 0.570. The second kappa shape index (κ2) is 6.05.